The third-order valence-corrected chi connectivity index (χ3v) is 2.82. The summed E-state index contributed by atoms with van der Waals surface area (Å²) in [4.78, 5) is 17.5. The molecule has 1 atom stereocenters. The molecule has 2 rings (SSSR count). The summed E-state index contributed by atoms with van der Waals surface area (Å²) in [6.07, 6.45) is 0. The van der Waals surface area contributed by atoms with E-state index in [0.717, 1.165) is 11.1 Å². The number of carbonyl (C=O) groups excluding carboxylic acids is 1. The van der Waals surface area contributed by atoms with E-state index in [-0.39, 0.29) is 11.9 Å². The lowest BCUT2D eigenvalue weighted by atomic mass is 10.0. The van der Waals surface area contributed by atoms with Crippen LogP contribution in [0.25, 0.3) is 0 Å². The highest BCUT2D eigenvalue weighted by molar-refractivity contribution is 6.04. The molecule has 0 fully saturated rings. The number of aliphatic imine (C=N–C) groups is 1. The average molecular weight is 257 g/mol. The predicted molar refractivity (Wildman–Crippen MR) is 72.3 cm³/mol. The van der Waals surface area contributed by atoms with E-state index in [1.807, 2.05) is 24.3 Å². The van der Waals surface area contributed by atoms with Crippen LogP contribution in [0.2, 0.25) is 0 Å². The van der Waals surface area contributed by atoms with Crippen molar-refractivity contribution in [2.45, 2.75) is 6.04 Å². The summed E-state index contributed by atoms with van der Waals surface area (Å²) in [6, 6.07) is 6.86. The molecule has 0 unspecified atom stereocenters. The van der Waals surface area contributed by atoms with E-state index in [0.29, 0.717) is 6.61 Å². The summed E-state index contributed by atoms with van der Waals surface area (Å²) in [5, 5.41) is 0. The summed E-state index contributed by atoms with van der Waals surface area (Å²) in [6.45, 7) is 0.375. The van der Waals surface area contributed by atoms with Crippen LogP contribution in [0.1, 0.15) is 17.2 Å². The lowest BCUT2D eigenvalue weighted by Gasteiger charge is -2.10. The predicted octanol–water partition coefficient (Wildman–Crippen LogP) is 0.512. The number of benzene rings is 1. The third kappa shape index (κ3) is 2.75. The fourth-order valence-corrected chi connectivity index (χ4v) is 1.78. The molecule has 1 aliphatic heterocycles. The van der Waals surface area contributed by atoms with Crippen molar-refractivity contribution in [2.24, 2.45) is 10.7 Å². The van der Waals surface area contributed by atoms with Gasteiger partial charge in [-0.1, -0.05) is 24.0 Å². The van der Waals surface area contributed by atoms with E-state index in [9.17, 15) is 4.79 Å². The molecular formula is C14H15N3O2. The first kappa shape index (κ1) is 13.1. The molecule has 5 nitrogen and oxygen atoms in total. The number of methoxy groups -OCH3 is 1. The first-order valence-electron chi connectivity index (χ1n) is 5.82. The maximum Gasteiger partial charge on any atom is 0.258 e. The average Bonchev–Trinajstić information content (AvgIpc) is 2.67. The fourth-order valence-electron chi connectivity index (χ4n) is 1.78. The van der Waals surface area contributed by atoms with Crippen molar-refractivity contribution >= 4 is 11.9 Å². The van der Waals surface area contributed by atoms with E-state index in [4.69, 9.17) is 10.5 Å². The summed E-state index contributed by atoms with van der Waals surface area (Å²) in [5.74, 6) is 5.95. The minimum atomic E-state index is -0.561. The van der Waals surface area contributed by atoms with Crippen LogP contribution in [0.15, 0.2) is 29.3 Å². The molecule has 0 aromatic heterocycles. The topological polar surface area (TPSA) is 67.9 Å². The number of nitrogens with zero attached hydrogens (tertiary/aromatic N) is 2. The maximum atomic E-state index is 12.0. The highest BCUT2D eigenvalue weighted by Gasteiger charge is 2.31. The Kier molecular flexibility index (Phi) is 3.83. The summed E-state index contributed by atoms with van der Waals surface area (Å²) < 4.78 is 4.87. The number of nitrogens with two attached hydrogens (primary N) is 1. The Bertz CT molecular complexity index is 584. The lowest BCUT2D eigenvalue weighted by Crippen LogP contribution is -2.34. The number of carbonyl (C=O) groups is 1. The second-order valence-electron chi connectivity index (χ2n) is 4.15. The van der Waals surface area contributed by atoms with Crippen molar-refractivity contribution in [3.8, 4) is 11.8 Å². The van der Waals surface area contributed by atoms with Gasteiger partial charge >= 0.3 is 0 Å². The van der Waals surface area contributed by atoms with Crippen LogP contribution in [-0.4, -0.2) is 37.5 Å². The Morgan fingerprint density at radius 1 is 1.53 bits per heavy atom. The maximum absolute atomic E-state index is 12.0. The first-order chi connectivity index (χ1) is 9.13. The van der Waals surface area contributed by atoms with Crippen molar-refractivity contribution in [1.29, 1.82) is 0 Å². The van der Waals surface area contributed by atoms with Crippen LogP contribution < -0.4 is 5.73 Å². The van der Waals surface area contributed by atoms with Gasteiger partial charge in [-0.05, 0) is 17.7 Å². The number of rotatable bonds is 2. The molecule has 0 saturated carbocycles. The molecule has 1 heterocycles. The van der Waals surface area contributed by atoms with Gasteiger partial charge in [-0.25, -0.2) is 4.99 Å². The molecule has 5 heteroatoms. The normalized spacial score (nSPS) is 18.0. The largest absolute Gasteiger partial charge is 0.372 e. The standard InChI is InChI=1S/C14H15N3O2/c1-17-13(18)12(16-14(17)15)11-7-3-5-10(9-11)6-4-8-19-2/h3,5,7,9,12H,8H2,1-2H3,(H2,15,16)/t12-/m1/s1. The molecule has 1 aliphatic rings. The molecule has 98 valence electrons. The molecule has 1 aromatic rings. The van der Waals surface area contributed by atoms with Crippen LogP contribution >= 0.6 is 0 Å². The van der Waals surface area contributed by atoms with E-state index < -0.39 is 6.04 Å². The van der Waals surface area contributed by atoms with E-state index in [1.54, 1.807) is 14.2 Å². The van der Waals surface area contributed by atoms with Crippen molar-refractivity contribution in [1.82, 2.24) is 4.90 Å². The first-order valence-corrected chi connectivity index (χ1v) is 5.82. The zero-order chi connectivity index (χ0) is 13.8. The Morgan fingerprint density at radius 2 is 2.32 bits per heavy atom. The van der Waals surface area contributed by atoms with E-state index in [1.165, 1.54) is 4.90 Å². The monoisotopic (exact) mass is 257 g/mol. The van der Waals surface area contributed by atoms with Gasteiger partial charge < -0.3 is 10.5 Å². The Balaban J connectivity index is 2.26. The number of hydrogen-bond acceptors (Lipinski definition) is 4. The Hall–Kier alpha value is -2.32. The van der Waals surface area contributed by atoms with Gasteiger partial charge in [0.1, 0.15) is 6.61 Å². The van der Waals surface area contributed by atoms with Gasteiger partial charge in [-0.2, -0.15) is 0 Å². The highest BCUT2D eigenvalue weighted by Crippen LogP contribution is 2.24. The molecular weight excluding hydrogens is 242 g/mol. The van der Waals surface area contributed by atoms with Crippen LogP contribution in [-0.2, 0) is 9.53 Å². The van der Waals surface area contributed by atoms with Crippen molar-refractivity contribution in [3.05, 3.63) is 35.4 Å². The molecule has 1 amide bonds. The molecule has 0 spiro atoms. The minimum absolute atomic E-state index is 0.125. The van der Waals surface area contributed by atoms with Crippen LogP contribution in [0.5, 0.6) is 0 Å². The van der Waals surface area contributed by atoms with Crippen molar-refractivity contribution in [2.75, 3.05) is 20.8 Å². The number of hydrogen-bond donors (Lipinski definition) is 1. The van der Waals surface area contributed by atoms with Crippen LogP contribution in [0.3, 0.4) is 0 Å². The molecule has 0 bridgehead atoms. The van der Waals surface area contributed by atoms with E-state index in [2.05, 4.69) is 16.8 Å². The Labute approximate surface area is 112 Å². The molecule has 0 radical (unpaired) electrons. The third-order valence-electron chi connectivity index (χ3n) is 2.82. The molecule has 19 heavy (non-hydrogen) atoms. The van der Waals surface area contributed by atoms with Gasteiger partial charge in [0.15, 0.2) is 12.0 Å². The fraction of sp³-hybridized carbons (Fsp3) is 0.286. The van der Waals surface area contributed by atoms with Crippen molar-refractivity contribution in [3.63, 3.8) is 0 Å². The summed E-state index contributed by atoms with van der Waals surface area (Å²) in [7, 11) is 3.21. The second-order valence-corrected chi connectivity index (χ2v) is 4.15. The molecule has 0 aliphatic carbocycles. The van der Waals surface area contributed by atoms with Crippen LogP contribution in [0.4, 0.5) is 0 Å². The van der Waals surface area contributed by atoms with Gasteiger partial charge in [0, 0.05) is 19.7 Å². The molecule has 2 N–H and O–H groups in total. The van der Waals surface area contributed by atoms with Gasteiger partial charge in [0.25, 0.3) is 5.91 Å². The second kappa shape index (κ2) is 5.55. The number of amides is 1. The highest BCUT2D eigenvalue weighted by atomic mass is 16.5. The quantitative estimate of drug-likeness (QED) is 0.785. The number of ether oxygens (including phenoxy) is 1. The number of guanidine groups is 1. The zero-order valence-corrected chi connectivity index (χ0v) is 10.9. The summed E-state index contributed by atoms with van der Waals surface area (Å²) in [5.41, 5.74) is 7.26. The lowest BCUT2D eigenvalue weighted by molar-refractivity contribution is -0.126. The summed E-state index contributed by atoms with van der Waals surface area (Å²) >= 11 is 0. The van der Waals surface area contributed by atoms with Gasteiger partial charge in [-0.3, -0.25) is 9.69 Å². The SMILES string of the molecule is COCC#Cc1cccc([C@H]2N=C(N)N(C)C2=O)c1. The van der Waals surface area contributed by atoms with Crippen LogP contribution in [0, 0.1) is 11.8 Å². The molecule has 1 aromatic carbocycles. The Morgan fingerprint density at radius 3 is 2.95 bits per heavy atom. The van der Waals surface area contributed by atoms with E-state index >= 15 is 0 Å². The number of likely N-dealkylation sites (N-methyl/N-ethyl adjacent to an activating group) is 1. The van der Waals surface area contributed by atoms with Gasteiger partial charge in [0.05, 0.1) is 0 Å². The van der Waals surface area contributed by atoms with Gasteiger partial charge in [-0.15, -0.1) is 0 Å². The van der Waals surface area contributed by atoms with Gasteiger partial charge in [0.2, 0.25) is 0 Å². The zero-order valence-electron chi connectivity index (χ0n) is 10.9. The molecule has 0 saturated heterocycles. The minimum Gasteiger partial charge on any atom is -0.372 e. The smallest absolute Gasteiger partial charge is 0.258 e. The van der Waals surface area contributed by atoms with Crippen molar-refractivity contribution < 1.29 is 9.53 Å².